The Morgan fingerprint density at radius 2 is 1.58 bits per heavy atom. The smallest absolute Gasteiger partial charge is 0.157 e. The highest BCUT2D eigenvalue weighted by molar-refractivity contribution is 6.09. The Morgan fingerprint density at radius 1 is 0.806 bits per heavy atom. The molecule has 154 valence electrons. The van der Waals surface area contributed by atoms with Gasteiger partial charge in [-0.25, -0.2) is 0 Å². The first-order valence-electron chi connectivity index (χ1n) is 12.3. The Balaban J connectivity index is 1.72. The zero-order valence-electron chi connectivity index (χ0n) is 21.8. The summed E-state index contributed by atoms with van der Waals surface area (Å²) >= 11 is 0. The zero-order chi connectivity index (χ0) is 25.0. The molecule has 0 aliphatic heterocycles. The third kappa shape index (κ3) is 3.96. The third-order valence-electron chi connectivity index (χ3n) is 5.01. The van der Waals surface area contributed by atoms with Gasteiger partial charge in [0.2, 0.25) is 0 Å². The van der Waals surface area contributed by atoms with Crippen molar-refractivity contribution < 1.29 is 9.90 Å². The van der Waals surface area contributed by atoms with Gasteiger partial charge in [0.15, 0.2) is 5.58 Å². The summed E-state index contributed by atoms with van der Waals surface area (Å²) in [6.45, 7) is 5.63. The first kappa shape index (κ1) is 15.4. The lowest BCUT2D eigenvalue weighted by atomic mass is 9.88. The topological polar surface area (TPSA) is 38.9 Å². The van der Waals surface area contributed by atoms with E-state index in [9.17, 15) is 0 Å². The van der Waals surface area contributed by atoms with Crippen molar-refractivity contribution in [1.82, 2.24) is 9.97 Å². The van der Waals surface area contributed by atoms with Crippen molar-refractivity contribution in [3.63, 3.8) is 0 Å². The fourth-order valence-electron chi connectivity index (χ4n) is 3.76. The molecule has 2 aromatic carbocycles. The van der Waals surface area contributed by atoms with Crippen molar-refractivity contribution in [2.45, 2.75) is 33.5 Å². The van der Waals surface area contributed by atoms with Gasteiger partial charge < -0.3 is 4.42 Å². The summed E-state index contributed by atoms with van der Waals surface area (Å²) in [5.74, 6) is 0. The number of furan rings is 1. The Hall–Kier alpha value is -3.46. The van der Waals surface area contributed by atoms with E-state index in [4.69, 9.17) is 9.90 Å². The van der Waals surface area contributed by atoms with Crippen molar-refractivity contribution in [2.75, 3.05) is 0 Å². The molecule has 0 aliphatic carbocycles. The molecule has 0 spiro atoms. The van der Waals surface area contributed by atoms with Crippen molar-refractivity contribution in [2.24, 2.45) is 5.41 Å². The van der Waals surface area contributed by atoms with E-state index in [1.54, 1.807) is 48.8 Å². The van der Waals surface area contributed by atoms with Gasteiger partial charge in [0.25, 0.3) is 0 Å². The Labute approximate surface area is 188 Å². The highest BCUT2D eigenvalue weighted by Gasteiger charge is 2.17. The lowest BCUT2D eigenvalue weighted by Crippen LogP contribution is -2.09. The van der Waals surface area contributed by atoms with Gasteiger partial charge in [-0.15, -0.1) is 0 Å². The van der Waals surface area contributed by atoms with Crippen LogP contribution in [0.2, 0.25) is 0 Å². The SMILES string of the molecule is [2H]C([2H])(c1ccccc1)c1nccc2c1oc1c(-c3cc(C([2H])([2H])C(C)(C)C)ccn3)cccc12. The van der Waals surface area contributed by atoms with Crippen LogP contribution >= 0.6 is 0 Å². The van der Waals surface area contributed by atoms with Crippen LogP contribution in [-0.4, -0.2) is 9.97 Å². The lowest BCUT2D eigenvalue weighted by Gasteiger charge is -2.18. The van der Waals surface area contributed by atoms with Crippen LogP contribution in [0.4, 0.5) is 0 Å². The molecular formula is C28H26N2O. The summed E-state index contributed by atoms with van der Waals surface area (Å²) in [5, 5.41) is 1.60. The van der Waals surface area contributed by atoms with E-state index < -0.39 is 18.2 Å². The average molecular weight is 411 g/mol. The predicted molar refractivity (Wildman–Crippen MR) is 127 cm³/mol. The van der Waals surface area contributed by atoms with Crippen LogP contribution in [0.5, 0.6) is 0 Å². The van der Waals surface area contributed by atoms with Crippen molar-refractivity contribution >= 4 is 21.9 Å². The summed E-state index contributed by atoms with van der Waals surface area (Å²) in [4.78, 5) is 8.92. The van der Waals surface area contributed by atoms with Crippen LogP contribution in [0, 0.1) is 5.41 Å². The van der Waals surface area contributed by atoms with Crippen molar-refractivity contribution in [3.8, 4) is 11.3 Å². The Bertz CT molecular complexity index is 1540. The van der Waals surface area contributed by atoms with E-state index in [1.807, 2.05) is 51.1 Å². The van der Waals surface area contributed by atoms with Crippen LogP contribution in [0.25, 0.3) is 33.2 Å². The van der Waals surface area contributed by atoms with Crippen LogP contribution < -0.4 is 0 Å². The molecule has 0 saturated carbocycles. The second-order valence-electron chi connectivity index (χ2n) is 8.62. The monoisotopic (exact) mass is 410 g/mol. The quantitative estimate of drug-likeness (QED) is 0.314. The van der Waals surface area contributed by atoms with Gasteiger partial charge in [-0.2, -0.15) is 0 Å². The van der Waals surface area contributed by atoms with Gasteiger partial charge in [-0.1, -0.05) is 63.2 Å². The molecule has 0 saturated heterocycles. The largest absolute Gasteiger partial charge is 0.453 e. The van der Waals surface area contributed by atoms with Gasteiger partial charge >= 0.3 is 0 Å². The van der Waals surface area contributed by atoms with Gasteiger partial charge in [-0.05, 0) is 47.2 Å². The van der Waals surface area contributed by atoms with Crippen LogP contribution in [0.3, 0.4) is 0 Å². The molecule has 0 atom stereocenters. The van der Waals surface area contributed by atoms with E-state index in [-0.39, 0.29) is 5.69 Å². The molecule has 0 unspecified atom stereocenters. The first-order valence-corrected chi connectivity index (χ1v) is 10.3. The summed E-state index contributed by atoms with van der Waals surface area (Å²) in [6, 6.07) is 20.0. The second kappa shape index (κ2) is 7.66. The van der Waals surface area contributed by atoms with E-state index in [0.717, 1.165) is 16.3 Å². The van der Waals surface area contributed by atoms with E-state index in [1.165, 1.54) is 0 Å². The highest BCUT2D eigenvalue weighted by Crippen LogP contribution is 2.36. The molecule has 0 bridgehead atoms. The highest BCUT2D eigenvalue weighted by atomic mass is 16.3. The number of pyridine rings is 2. The number of rotatable bonds is 4. The molecule has 0 fully saturated rings. The van der Waals surface area contributed by atoms with Crippen molar-refractivity contribution in [3.05, 3.63) is 95.9 Å². The molecule has 0 amide bonds. The summed E-state index contributed by atoms with van der Waals surface area (Å²) in [7, 11) is 0. The first-order chi connectivity index (χ1) is 16.5. The number of benzene rings is 2. The lowest BCUT2D eigenvalue weighted by molar-refractivity contribution is 0.411. The van der Waals surface area contributed by atoms with Gasteiger partial charge in [0.05, 0.1) is 11.4 Å². The standard InChI is InChI=1S/C28H26N2O/c1-28(2,3)18-20-12-14-29-24(17-20)23-11-7-10-21-22-13-15-30-25(27(22)31-26(21)23)16-19-8-5-4-6-9-19/h4-15,17H,16,18H2,1-3H3/i16D2,18D2. The summed E-state index contributed by atoms with van der Waals surface area (Å²) < 4.78 is 41.3. The van der Waals surface area contributed by atoms with Gasteiger partial charge in [-0.3, -0.25) is 9.97 Å². The summed E-state index contributed by atoms with van der Waals surface area (Å²) in [5.41, 5.74) is 2.95. The van der Waals surface area contributed by atoms with E-state index in [0.29, 0.717) is 28.0 Å². The molecule has 3 aromatic heterocycles. The minimum atomic E-state index is -1.85. The van der Waals surface area contributed by atoms with Gasteiger partial charge in [0, 0.05) is 40.6 Å². The predicted octanol–water partition coefficient (Wildman–Crippen LogP) is 7.22. The van der Waals surface area contributed by atoms with Crippen molar-refractivity contribution in [1.29, 1.82) is 0 Å². The number of hydrogen-bond donors (Lipinski definition) is 0. The Kier molecular flexibility index (Phi) is 3.79. The number of hydrogen-bond acceptors (Lipinski definition) is 3. The number of para-hydroxylation sites is 1. The average Bonchev–Trinajstić information content (AvgIpc) is 3.23. The van der Waals surface area contributed by atoms with Crippen LogP contribution in [0.15, 0.2) is 83.5 Å². The Morgan fingerprint density at radius 3 is 2.39 bits per heavy atom. The molecule has 5 aromatic rings. The molecule has 0 N–H and O–H groups in total. The maximum Gasteiger partial charge on any atom is 0.157 e. The fraction of sp³-hybridized carbons (Fsp3) is 0.214. The van der Waals surface area contributed by atoms with Crippen LogP contribution in [-0.2, 0) is 12.7 Å². The normalized spacial score (nSPS) is 14.8. The number of fused-ring (bicyclic) bond motifs is 3. The molecule has 3 nitrogen and oxygen atoms in total. The molecule has 3 heterocycles. The molecule has 5 rings (SSSR count). The van der Waals surface area contributed by atoms with E-state index >= 15 is 0 Å². The maximum absolute atomic E-state index is 8.83. The molecule has 0 radical (unpaired) electrons. The molecule has 31 heavy (non-hydrogen) atoms. The van der Waals surface area contributed by atoms with Crippen LogP contribution in [0.1, 0.15) is 43.1 Å². The maximum atomic E-state index is 8.83. The fourth-order valence-corrected chi connectivity index (χ4v) is 3.76. The minimum absolute atomic E-state index is 0.217. The molecule has 0 aliphatic rings. The van der Waals surface area contributed by atoms with Gasteiger partial charge in [0.1, 0.15) is 5.58 Å². The molecule has 3 heteroatoms. The number of aromatic nitrogens is 2. The zero-order valence-corrected chi connectivity index (χ0v) is 17.8. The van der Waals surface area contributed by atoms with E-state index in [2.05, 4.69) is 9.97 Å². The molecular weight excluding hydrogens is 380 g/mol. The second-order valence-corrected chi connectivity index (χ2v) is 8.62. The number of nitrogens with zero attached hydrogens (tertiary/aromatic N) is 2. The third-order valence-corrected chi connectivity index (χ3v) is 5.01. The summed E-state index contributed by atoms with van der Waals surface area (Å²) in [6.07, 6.45) is -0.182. The minimum Gasteiger partial charge on any atom is -0.453 e.